The first-order valence-electron chi connectivity index (χ1n) is 4.87. The molecule has 0 aliphatic carbocycles. The van der Waals surface area contributed by atoms with Crippen LogP contribution in [0.2, 0.25) is 0 Å². The number of aromatic amines is 2. The Hall–Kier alpha value is -2.32. The van der Waals surface area contributed by atoms with E-state index in [1.807, 2.05) is 5.10 Å². The number of nitrogens with zero attached hydrogens (tertiary/aromatic N) is 2. The van der Waals surface area contributed by atoms with Crippen molar-refractivity contribution in [2.75, 3.05) is 5.06 Å². The van der Waals surface area contributed by atoms with Crippen LogP contribution in [0.3, 0.4) is 0 Å². The van der Waals surface area contributed by atoms with Crippen LogP contribution in [0.4, 0.5) is 11.5 Å². The average molecular weight is 264 g/mol. The highest BCUT2D eigenvalue weighted by Crippen LogP contribution is 2.16. The molecule has 0 bridgehead atoms. The Morgan fingerprint density at radius 1 is 1.11 bits per heavy atom. The summed E-state index contributed by atoms with van der Waals surface area (Å²) in [6.07, 6.45) is 0. The Morgan fingerprint density at radius 3 is 2.39 bits per heavy atom. The lowest BCUT2D eigenvalue weighted by atomic mass is 10.3. The monoisotopic (exact) mass is 264 g/mol. The summed E-state index contributed by atoms with van der Waals surface area (Å²) in [5, 5.41) is 14.6. The number of H-pyrrole nitrogens is 2. The number of anilines is 2. The van der Waals surface area contributed by atoms with Gasteiger partial charge in [0.05, 0.1) is 5.69 Å². The smallest absolute Gasteiger partial charge is 0.282 e. The van der Waals surface area contributed by atoms with Crippen molar-refractivity contribution in [2.24, 2.45) is 0 Å². The number of hydrogen-bond acceptors (Lipinski definition) is 6. The molecule has 18 heavy (non-hydrogen) atoms. The number of para-hydroxylation sites is 1. The highest BCUT2D eigenvalue weighted by Gasteiger charge is 2.11. The van der Waals surface area contributed by atoms with E-state index < -0.39 is 11.1 Å². The second-order valence-electron chi connectivity index (χ2n) is 3.30. The first-order valence-corrected chi connectivity index (χ1v) is 5.28. The average Bonchev–Trinajstić information content (AvgIpc) is 2.52. The normalized spacial score (nSPS) is 10.1. The number of rotatable bonds is 2. The largest absolute Gasteiger partial charge is 0.307 e. The minimum absolute atomic E-state index is 0.323. The standard InChI is InChI=1S/C10H8N4O3S/c15-8-7(11-10(18)9(16)13-12-8)14(17)6-4-2-1-3-5-6/h1-5,17H,(H,12,15)(H,11,13,16,18). The fourth-order valence-corrected chi connectivity index (χ4v) is 1.39. The molecule has 1 heterocycles. The molecular weight excluding hydrogens is 256 g/mol. The number of hydrogen-bond donors (Lipinski definition) is 3. The number of aromatic nitrogens is 3. The lowest BCUT2D eigenvalue weighted by molar-refractivity contribution is 0.296. The van der Waals surface area contributed by atoms with Crippen molar-refractivity contribution in [2.45, 2.75) is 0 Å². The highest BCUT2D eigenvalue weighted by molar-refractivity contribution is 7.71. The van der Waals surface area contributed by atoms with Crippen LogP contribution in [0.25, 0.3) is 0 Å². The predicted molar refractivity (Wildman–Crippen MR) is 66.7 cm³/mol. The molecule has 1 aromatic heterocycles. The van der Waals surface area contributed by atoms with Gasteiger partial charge in [-0.2, -0.15) is 0 Å². The summed E-state index contributed by atoms with van der Waals surface area (Å²) in [5.41, 5.74) is -1.16. The Bertz CT molecular complexity index is 725. The Balaban J connectivity index is 2.63. The quantitative estimate of drug-likeness (QED) is 0.545. The zero-order chi connectivity index (χ0) is 13.1. The molecule has 0 unspecified atom stereocenters. The van der Waals surface area contributed by atoms with Gasteiger partial charge in [0.15, 0.2) is 4.64 Å². The first kappa shape index (κ1) is 12.1. The molecular formula is C10H8N4O3S. The van der Waals surface area contributed by atoms with E-state index in [2.05, 4.69) is 22.3 Å². The van der Waals surface area contributed by atoms with Crippen LogP contribution in [0, 0.1) is 4.64 Å². The summed E-state index contributed by atoms with van der Waals surface area (Å²) >= 11 is 4.68. The molecule has 92 valence electrons. The molecule has 2 aromatic rings. The molecule has 0 spiro atoms. The van der Waals surface area contributed by atoms with E-state index >= 15 is 0 Å². The highest BCUT2D eigenvalue weighted by atomic mass is 32.1. The van der Waals surface area contributed by atoms with Crippen molar-refractivity contribution >= 4 is 23.7 Å². The SMILES string of the molecule is O=c1[nH][nH]c(=O)c(=S)nc1N(O)c1ccccc1. The second-order valence-corrected chi connectivity index (χ2v) is 3.68. The van der Waals surface area contributed by atoms with Gasteiger partial charge in [-0.15, -0.1) is 0 Å². The van der Waals surface area contributed by atoms with Crippen molar-refractivity contribution in [3.8, 4) is 0 Å². The molecule has 0 fully saturated rings. The molecule has 7 nitrogen and oxygen atoms in total. The van der Waals surface area contributed by atoms with Gasteiger partial charge < -0.3 is 0 Å². The van der Waals surface area contributed by atoms with Crippen LogP contribution in [0.1, 0.15) is 0 Å². The number of nitrogens with one attached hydrogen (secondary N) is 2. The van der Waals surface area contributed by atoms with Gasteiger partial charge in [-0.05, 0) is 12.1 Å². The van der Waals surface area contributed by atoms with Crippen molar-refractivity contribution in [3.05, 3.63) is 55.7 Å². The fraction of sp³-hybridized carbons (Fsp3) is 0. The van der Waals surface area contributed by atoms with Crippen LogP contribution >= 0.6 is 12.2 Å². The minimum atomic E-state index is -0.769. The lowest BCUT2D eigenvalue weighted by Gasteiger charge is -2.12. The minimum Gasteiger partial charge on any atom is -0.282 e. The molecule has 8 heteroatoms. The van der Waals surface area contributed by atoms with E-state index in [-0.39, 0.29) is 10.5 Å². The fourth-order valence-electron chi connectivity index (χ4n) is 1.26. The van der Waals surface area contributed by atoms with E-state index in [0.717, 1.165) is 0 Å². The maximum absolute atomic E-state index is 11.6. The molecule has 0 radical (unpaired) electrons. The van der Waals surface area contributed by atoms with Gasteiger partial charge in [0.1, 0.15) is 0 Å². The third-order valence-corrected chi connectivity index (χ3v) is 2.37. The van der Waals surface area contributed by atoms with E-state index in [1.165, 1.54) is 0 Å². The third-order valence-electron chi connectivity index (χ3n) is 2.10. The summed E-state index contributed by atoms with van der Waals surface area (Å²) in [5.74, 6) is -0.385. The maximum Gasteiger partial charge on any atom is 0.307 e. The molecule has 0 aliphatic rings. The lowest BCUT2D eigenvalue weighted by Crippen LogP contribution is -2.21. The van der Waals surface area contributed by atoms with Gasteiger partial charge in [-0.3, -0.25) is 25.0 Å². The van der Waals surface area contributed by atoms with Crippen LogP contribution < -0.4 is 16.2 Å². The Morgan fingerprint density at radius 2 is 1.72 bits per heavy atom. The van der Waals surface area contributed by atoms with Crippen LogP contribution in [0.15, 0.2) is 39.9 Å². The predicted octanol–water partition coefficient (Wildman–Crippen LogP) is 0.715. The topological polar surface area (TPSA) is 102 Å². The van der Waals surface area contributed by atoms with E-state index in [0.29, 0.717) is 10.8 Å². The van der Waals surface area contributed by atoms with Gasteiger partial charge in [0.25, 0.3) is 5.56 Å². The second kappa shape index (κ2) is 4.90. The molecule has 0 amide bonds. The maximum atomic E-state index is 11.6. The molecule has 0 saturated carbocycles. The van der Waals surface area contributed by atoms with Gasteiger partial charge in [0, 0.05) is 0 Å². The molecule has 0 atom stereocenters. The molecule has 0 saturated heterocycles. The Kier molecular flexibility index (Phi) is 3.31. The van der Waals surface area contributed by atoms with Crippen LogP contribution in [-0.4, -0.2) is 20.4 Å². The zero-order valence-corrected chi connectivity index (χ0v) is 9.77. The summed E-state index contributed by atoms with van der Waals surface area (Å²) in [7, 11) is 0. The van der Waals surface area contributed by atoms with E-state index in [1.54, 1.807) is 30.3 Å². The van der Waals surface area contributed by atoms with Gasteiger partial charge in [0.2, 0.25) is 5.82 Å². The summed E-state index contributed by atoms with van der Waals surface area (Å²) in [4.78, 5) is 26.4. The summed E-state index contributed by atoms with van der Waals surface area (Å²) in [6, 6.07) is 8.24. The molecule has 2 rings (SSSR count). The van der Waals surface area contributed by atoms with Crippen molar-refractivity contribution in [1.82, 2.24) is 15.2 Å². The molecule has 3 N–H and O–H groups in total. The Labute approximate surface area is 105 Å². The van der Waals surface area contributed by atoms with E-state index in [9.17, 15) is 14.8 Å². The first-order chi connectivity index (χ1) is 8.59. The zero-order valence-electron chi connectivity index (χ0n) is 8.95. The van der Waals surface area contributed by atoms with Gasteiger partial charge in [-0.25, -0.2) is 10.0 Å². The van der Waals surface area contributed by atoms with Crippen LogP contribution in [0.5, 0.6) is 0 Å². The summed E-state index contributed by atoms with van der Waals surface area (Å²) < 4.78 is -0.349. The van der Waals surface area contributed by atoms with Crippen molar-refractivity contribution in [3.63, 3.8) is 0 Å². The van der Waals surface area contributed by atoms with Gasteiger partial charge in [-0.1, -0.05) is 30.4 Å². The molecule has 1 aromatic carbocycles. The molecule has 0 aliphatic heterocycles. The van der Waals surface area contributed by atoms with Crippen molar-refractivity contribution in [1.29, 1.82) is 0 Å². The van der Waals surface area contributed by atoms with Crippen LogP contribution in [-0.2, 0) is 0 Å². The van der Waals surface area contributed by atoms with Gasteiger partial charge >= 0.3 is 5.56 Å². The third kappa shape index (κ3) is 2.34. The summed E-state index contributed by atoms with van der Waals surface area (Å²) in [6.45, 7) is 0. The van der Waals surface area contributed by atoms with E-state index in [4.69, 9.17) is 0 Å². The van der Waals surface area contributed by atoms with Crippen molar-refractivity contribution < 1.29 is 5.21 Å². The number of benzene rings is 1.